The first kappa shape index (κ1) is 12.4. The summed E-state index contributed by atoms with van der Waals surface area (Å²) in [7, 11) is 0. The van der Waals surface area contributed by atoms with Gasteiger partial charge in [0.15, 0.2) is 0 Å². The van der Waals surface area contributed by atoms with Gasteiger partial charge in [-0.3, -0.25) is 4.79 Å². The molecule has 0 saturated carbocycles. The van der Waals surface area contributed by atoms with Crippen LogP contribution in [0.25, 0.3) is 21.3 Å². The molecule has 6 heteroatoms. The van der Waals surface area contributed by atoms with Crippen LogP contribution in [0.3, 0.4) is 0 Å². The van der Waals surface area contributed by atoms with Crippen LogP contribution < -0.4 is 5.32 Å². The second-order valence-electron chi connectivity index (χ2n) is 5.87. The summed E-state index contributed by atoms with van der Waals surface area (Å²) in [4.78, 5) is 17.8. The van der Waals surface area contributed by atoms with E-state index in [1.165, 1.54) is 16.5 Å². The van der Waals surface area contributed by atoms with Crippen LogP contribution in [0.1, 0.15) is 23.5 Å². The molecule has 6 nitrogen and oxygen atoms in total. The summed E-state index contributed by atoms with van der Waals surface area (Å²) >= 11 is 0. The van der Waals surface area contributed by atoms with E-state index >= 15 is 0 Å². The van der Waals surface area contributed by atoms with Crippen LogP contribution in [0, 0.1) is 5.92 Å². The van der Waals surface area contributed by atoms with E-state index in [1.54, 1.807) is 0 Å². The summed E-state index contributed by atoms with van der Waals surface area (Å²) in [6.07, 6.45) is 3.81. The van der Waals surface area contributed by atoms with Crippen molar-refractivity contribution < 1.29 is 4.79 Å². The lowest BCUT2D eigenvalue weighted by atomic mass is 9.73. The predicted molar refractivity (Wildman–Crippen MR) is 78.8 cm³/mol. The Balaban J connectivity index is 1.74. The topological polar surface area (TPSA) is 93.7 Å². The lowest BCUT2D eigenvalue weighted by molar-refractivity contribution is -0.122. The third kappa shape index (κ3) is 1.84. The van der Waals surface area contributed by atoms with E-state index < -0.39 is 0 Å². The number of azide groups is 1. The van der Waals surface area contributed by atoms with E-state index in [-0.39, 0.29) is 11.8 Å². The Labute approximate surface area is 121 Å². The molecular weight excluding hydrogens is 266 g/mol. The Kier molecular flexibility index (Phi) is 2.74. The zero-order valence-corrected chi connectivity index (χ0v) is 11.4. The van der Waals surface area contributed by atoms with Gasteiger partial charge in [0, 0.05) is 46.4 Å². The highest BCUT2D eigenvalue weighted by Crippen LogP contribution is 2.41. The fourth-order valence-corrected chi connectivity index (χ4v) is 3.85. The van der Waals surface area contributed by atoms with Crippen molar-refractivity contribution in [2.75, 3.05) is 6.54 Å². The van der Waals surface area contributed by atoms with Crippen molar-refractivity contribution in [1.29, 1.82) is 0 Å². The molecule has 2 aliphatic rings. The van der Waals surface area contributed by atoms with E-state index in [0.717, 1.165) is 18.4 Å². The first-order chi connectivity index (χ1) is 10.3. The number of aromatic nitrogens is 1. The number of piperidine rings is 1. The van der Waals surface area contributed by atoms with Crippen molar-refractivity contribution in [2.45, 2.75) is 24.8 Å². The van der Waals surface area contributed by atoms with E-state index in [2.05, 4.69) is 44.7 Å². The Morgan fingerprint density at radius 3 is 3.19 bits per heavy atom. The number of rotatable bonds is 1. The van der Waals surface area contributed by atoms with Crippen molar-refractivity contribution >= 4 is 16.8 Å². The van der Waals surface area contributed by atoms with E-state index in [1.807, 2.05) is 0 Å². The van der Waals surface area contributed by atoms with Crippen LogP contribution in [0.15, 0.2) is 29.5 Å². The number of hydrogen-bond donors (Lipinski definition) is 2. The zero-order chi connectivity index (χ0) is 14.4. The summed E-state index contributed by atoms with van der Waals surface area (Å²) in [5.41, 5.74) is 12.2. The van der Waals surface area contributed by atoms with Gasteiger partial charge in [0.05, 0.1) is 0 Å². The first-order valence-electron chi connectivity index (χ1n) is 7.19. The zero-order valence-electron chi connectivity index (χ0n) is 11.4. The monoisotopic (exact) mass is 281 g/mol. The minimum atomic E-state index is -0.351. The Bertz CT molecular complexity index is 773. The fourth-order valence-electron chi connectivity index (χ4n) is 3.85. The van der Waals surface area contributed by atoms with Gasteiger partial charge in [-0.2, -0.15) is 0 Å². The number of carbonyl (C=O) groups is 1. The lowest BCUT2D eigenvalue weighted by Gasteiger charge is -2.39. The normalized spacial score (nSPS) is 27.0. The van der Waals surface area contributed by atoms with Crippen LogP contribution in [-0.2, 0) is 11.2 Å². The Hall–Kier alpha value is -2.30. The minimum Gasteiger partial charge on any atom is -0.361 e. The average Bonchev–Trinajstić information content (AvgIpc) is 2.92. The standard InChI is InChI=1S/C15H15N5O/c16-20-19-15(21)9-4-11-10-2-1-3-12-14(10)8(6-17-12)5-13(11)18-7-9/h1-3,6,9,11,13,17-18H,4-5,7H2/t9-,11+,13+/m0/s1. The minimum absolute atomic E-state index is 0.224. The molecule has 0 unspecified atom stereocenters. The number of fused-ring (bicyclic) bond motifs is 2. The Morgan fingerprint density at radius 1 is 1.43 bits per heavy atom. The molecule has 1 saturated heterocycles. The molecule has 1 aliphatic heterocycles. The molecule has 3 atom stereocenters. The van der Waals surface area contributed by atoms with Gasteiger partial charge >= 0.3 is 0 Å². The number of nitrogens with zero attached hydrogens (tertiary/aromatic N) is 3. The average molecular weight is 281 g/mol. The number of H-pyrrole nitrogens is 1. The maximum absolute atomic E-state index is 11.8. The summed E-state index contributed by atoms with van der Waals surface area (Å²) in [5, 5.41) is 8.03. The van der Waals surface area contributed by atoms with Crippen LogP contribution in [0.2, 0.25) is 0 Å². The number of hydrogen-bond acceptors (Lipinski definition) is 2. The summed E-state index contributed by atoms with van der Waals surface area (Å²) in [5.74, 6) is -0.276. The number of aromatic amines is 1. The molecule has 1 aromatic carbocycles. The van der Waals surface area contributed by atoms with Gasteiger partial charge in [0.1, 0.15) is 0 Å². The first-order valence-corrected chi connectivity index (χ1v) is 7.19. The van der Waals surface area contributed by atoms with E-state index in [0.29, 0.717) is 18.5 Å². The van der Waals surface area contributed by atoms with Crippen LogP contribution >= 0.6 is 0 Å². The third-order valence-corrected chi connectivity index (χ3v) is 4.80. The summed E-state index contributed by atoms with van der Waals surface area (Å²) in [6.45, 7) is 0.592. The van der Waals surface area contributed by atoms with E-state index in [4.69, 9.17) is 5.53 Å². The highest BCUT2D eigenvalue weighted by Gasteiger charge is 2.38. The molecule has 0 spiro atoms. The maximum atomic E-state index is 11.8. The van der Waals surface area contributed by atoms with Crippen LogP contribution in [0.4, 0.5) is 0 Å². The highest BCUT2D eigenvalue weighted by atomic mass is 16.1. The molecule has 1 aromatic heterocycles. The van der Waals surface area contributed by atoms with E-state index in [9.17, 15) is 4.79 Å². The largest absolute Gasteiger partial charge is 0.361 e. The molecule has 2 heterocycles. The number of benzene rings is 1. The van der Waals surface area contributed by atoms with Crippen LogP contribution in [0.5, 0.6) is 0 Å². The number of carbonyl (C=O) groups excluding carboxylic acids is 1. The highest BCUT2D eigenvalue weighted by molar-refractivity contribution is 5.88. The van der Waals surface area contributed by atoms with Crippen molar-refractivity contribution in [3.63, 3.8) is 0 Å². The quantitative estimate of drug-likeness (QED) is 0.477. The SMILES string of the molecule is [N-]=[N+]=NC(=O)[C@@H]1CN[C@@H]2Cc3c[nH]c4cccc(c34)[C@H]2C1. The van der Waals surface area contributed by atoms with Gasteiger partial charge in [-0.1, -0.05) is 12.1 Å². The molecule has 1 fully saturated rings. The van der Waals surface area contributed by atoms with Gasteiger partial charge in [0.25, 0.3) is 0 Å². The smallest absolute Gasteiger partial charge is 0.223 e. The summed E-state index contributed by atoms with van der Waals surface area (Å²) < 4.78 is 0. The summed E-state index contributed by atoms with van der Waals surface area (Å²) in [6, 6.07) is 6.65. The fraction of sp³-hybridized carbons (Fsp3) is 0.400. The number of amides is 1. The van der Waals surface area contributed by atoms with Gasteiger partial charge in [0.2, 0.25) is 5.91 Å². The lowest BCUT2D eigenvalue weighted by Crippen LogP contribution is -2.48. The molecule has 21 heavy (non-hydrogen) atoms. The molecule has 0 bridgehead atoms. The van der Waals surface area contributed by atoms with Gasteiger partial charge in [-0.05, 0) is 40.7 Å². The second kappa shape index (κ2) is 4.62. The molecular formula is C15H15N5O. The van der Waals surface area contributed by atoms with Crippen molar-refractivity contribution in [3.05, 3.63) is 46.0 Å². The number of nitrogens with one attached hydrogen (secondary N) is 2. The van der Waals surface area contributed by atoms with Crippen molar-refractivity contribution in [1.82, 2.24) is 10.3 Å². The Morgan fingerprint density at radius 2 is 2.33 bits per heavy atom. The molecule has 1 aliphatic carbocycles. The molecule has 4 rings (SSSR count). The van der Waals surface area contributed by atoms with Gasteiger partial charge in [-0.15, -0.1) is 0 Å². The third-order valence-electron chi connectivity index (χ3n) is 4.80. The van der Waals surface area contributed by atoms with Crippen molar-refractivity contribution in [2.24, 2.45) is 11.0 Å². The van der Waals surface area contributed by atoms with Crippen LogP contribution in [-0.4, -0.2) is 23.5 Å². The molecule has 2 aromatic rings. The molecule has 0 radical (unpaired) electrons. The predicted octanol–water partition coefficient (Wildman–Crippen LogP) is 2.62. The second-order valence-corrected chi connectivity index (χ2v) is 5.87. The molecule has 1 amide bonds. The maximum Gasteiger partial charge on any atom is 0.223 e. The van der Waals surface area contributed by atoms with Gasteiger partial charge in [-0.25, -0.2) is 0 Å². The van der Waals surface area contributed by atoms with Crippen molar-refractivity contribution in [3.8, 4) is 0 Å². The molecule has 106 valence electrons. The van der Waals surface area contributed by atoms with Gasteiger partial charge < -0.3 is 10.3 Å². The molecule has 2 N–H and O–H groups in total.